The summed E-state index contributed by atoms with van der Waals surface area (Å²) >= 11 is 0. The summed E-state index contributed by atoms with van der Waals surface area (Å²) in [7, 11) is 0. The van der Waals surface area contributed by atoms with E-state index in [4.69, 9.17) is 9.84 Å². The average Bonchev–Trinajstić information content (AvgIpc) is 2.25. The highest BCUT2D eigenvalue weighted by molar-refractivity contribution is 5.77. The Kier molecular flexibility index (Phi) is 4.34. The fourth-order valence-electron chi connectivity index (χ4n) is 1.49. The van der Waals surface area contributed by atoms with Gasteiger partial charge in [-0.2, -0.15) is 0 Å². The summed E-state index contributed by atoms with van der Waals surface area (Å²) in [4.78, 5) is 24.3. The van der Waals surface area contributed by atoms with E-state index in [0.717, 1.165) is 0 Å². The molecule has 0 aromatic heterocycles. The zero-order valence-electron chi connectivity index (χ0n) is 10.5. The second-order valence-electron chi connectivity index (χ2n) is 4.98. The van der Waals surface area contributed by atoms with Crippen molar-refractivity contribution in [2.24, 2.45) is 5.41 Å². The summed E-state index contributed by atoms with van der Waals surface area (Å²) < 4.78 is 5.33. The van der Waals surface area contributed by atoms with Gasteiger partial charge in [0.1, 0.15) is 0 Å². The molecular weight excluding hydrogens is 224 g/mol. The Labute approximate surface area is 101 Å². The first-order chi connectivity index (χ1) is 7.83. The van der Waals surface area contributed by atoms with E-state index < -0.39 is 11.4 Å². The molecule has 0 bridgehead atoms. The van der Waals surface area contributed by atoms with Gasteiger partial charge in [0.05, 0.1) is 18.1 Å². The lowest BCUT2D eigenvalue weighted by atomic mass is 9.94. The fraction of sp³-hybridized carbons (Fsp3) is 0.818. The van der Waals surface area contributed by atoms with Gasteiger partial charge in [-0.1, -0.05) is 0 Å². The SMILES string of the molecule is CC1CN(C(=O)NCC(C)(C)C(=O)O)CCO1. The van der Waals surface area contributed by atoms with Crippen LogP contribution in [0, 0.1) is 5.41 Å². The Hall–Kier alpha value is -1.30. The first kappa shape index (κ1) is 13.8. The molecule has 2 amide bonds. The van der Waals surface area contributed by atoms with Crippen LogP contribution in [0.25, 0.3) is 0 Å². The van der Waals surface area contributed by atoms with Crippen LogP contribution in [0.4, 0.5) is 4.79 Å². The number of carboxylic acid groups (broad SMARTS) is 1. The predicted octanol–water partition coefficient (Wildman–Crippen LogP) is 0.527. The quantitative estimate of drug-likeness (QED) is 0.759. The molecule has 0 radical (unpaired) electrons. The Balaban J connectivity index is 2.41. The van der Waals surface area contributed by atoms with Gasteiger partial charge in [0, 0.05) is 19.6 Å². The molecule has 0 aromatic rings. The summed E-state index contributed by atoms with van der Waals surface area (Å²) in [5.74, 6) is -0.923. The van der Waals surface area contributed by atoms with E-state index in [2.05, 4.69) is 5.32 Å². The number of nitrogens with zero attached hydrogens (tertiary/aromatic N) is 1. The van der Waals surface area contributed by atoms with Crippen LogP contribution in [0.15, 0.2) is 0 Å². The molecule has 1 aliphatic rings. The molecule has 0 saturated carbocycles. The molecule has 2 N–H and O–H groups in total. The molecule has 0 aliphatic carbocycles. The smallest absolute Gasteiger partial charge is 0.317 e. The van der Waals surface area contributed by atoms with Gasteiger partial charge in [0.25, 0.3) is 0 Å². The van der Waals surface area contributed by atoms with Crippen molar-refractivity contribution in [3.63, 3.8) is 0 Å². The molecule has 1 fully saturated rings. The van der Waals surface area contributed by atoms with E-state index in [9.17, 15) is 9.59 Å². The fourth-order valence-corrected chi connectivity index (χ4v) is 1.49. The average molecular weight is 244 g/mol. The molecule has 6 nitrogen and oxygen atoms in total. The van der Waals surface area contributed by atoms with Gasteiger partial charge in [-0.3, -0.25) is 4.79 Å². The molecular formula is C11H20N2O4. The monoisotopic (exact) mass is 244 g/mol. The van der Waals surface area contributed by atoms with E-state index in [-0.39, 0.29) is 18.7 Å². The highest BCUT2D eigenvalue weighted by atomic mass is 16.5. The van der Waals surface area contributed by atoms with Crippen LogP contribution < -0.4 is 5.32 Å². The summed E-state index contributed by atoms with van der Waals surface area (Å²) in [6.07, 6.45) is 0.0296. The van der Waals surface area contributed by atoms with Crippen LogP contribution >= 0.6 is 0 Å². The number of hydrogen-bond donors (Lipinski definition) is 2. The third kappa shape index (κ3) is 3.89. The molecule has 98 valence electrons. The van der Waals surface area contributed by atoms with Crippen molar-refractivity contribution in [2.45, 2.75) is 26.9 Å². The van der Waals surface area contributed by atoms with Crippen LogP contribution in [0.5, 0.6) is 0 Å². The third-order valence-electron chi connectivity index (χ3n) is 2.79. The largest absolute Gasteiger partial charge is 0.481 e. The van der Waals surface area contributed by atoms with Crippen LogP contribution in [0.2, 0.25) is 0 Å². The van der Waals surface area contributed by atoms with Crippen molar-refractivity contribution in [1.82, 2.24) is 10.2 Å². The van der Waals surface area contributed by atoms with Crippen molar-refractivity contribution in [3.8, 4) is 0 Å². The van der Waals surface area contributed by atoms with Crippen molar-refractivity contribution < 1.29 is 19.4 Å². The molecule has 0 spiro atoms. The van der Waals surface area contributed by atoms with Crippen molar-refractivity contribution in [2.75, 3.05) is 26.2 Å². The minimum atomic E-state index is -0.951. The van der Waals surface area contributed by atoms with Crippen LogP contribution in [0.1, 0.15) is 20.8 Å². The van der Waals surface area contributed by atoms with Gasteiger partial charge in [-0.25, -0.2) is 4.79 Å². The number of aliphatic carboxylic acids is 1. The van der Waals surface area contributed by atoms with E-state index in [1.165, 1.54) is 0 Å². The Bertz CT molecular complexity index is 304. The zero-order chi connectivity index (χ0) is 13.1. The number of morpholine rings is 1. The van der Waals surface area contributed by atoms with Gasteiger partial charge in [-0.05, 0) is 20.8 Å². The van der Waals surface area contributed by atoms with Crippen LogP contribution in [0.3, 0.4) is 0 Å². The van der Waals surface area contributed by atoms with Crippen molar-refractivity contribution in [1.29, 1.82) is 0 Å². The maximum absolute atomic E-state index is 11.8. The number of carbonyl (C=O) groups excluding carboxylic acids is 1. The summed E-state index contributed by atoms with van der Waals surface area (Å²) in [6, 6.07) is -0.227. The van der Waals surface area contributed by atoms with Crippen molar-refractivity contribution >= 4 is 12.0 Å². The van der Waals surface area contributed by atoms with Gasteiger partial charge in [0.15, 0.2) is 0 Å². The van der Waals surface area contributed by atoms with Crippen LogP contribution in [-0.4, -0.2) is 54.4 Å². The maximum Gasteiger partial charge on any atom is 0.317 e. The molecule has 1 heterocycles. The number of amides is 2. The maximum atomic E-state index is 11.8. The molecule has 6 heteroatoms. The molecule has 1 unspecified atom stereocenters. The van der Waals surface area contributed by atoms with Gasteiger partial charge in [-0.15, -0.1) is 0 Å². The van der Waals surface area contributed by atoms with Gasteiger partial charge >= 0.3 is 12.0 Å². The minimum Gasteiger partial charge on any atom is -0.481 e. The topological polar surface area (TPSA) is 78.9 Å². The van der Waals surface area contributed by atoms with Gasteiger partial charge in [0.2, 0.25) is 0 Å². The number of nitrogens with one attached hydrogen (secondary N) is 1. The molecule has 1 saturated heterocycles. The molecule has 17 heavy (non-hydrogen) atoms. The summed E-state index contributed by atoms with van der Waals surface area (Å²) in [5.41, 5.74) is -0.951. The predicted molar refractivity (Wildman–Crippen MR) is 61.8 cm³/mol. The lowest BCUT2D eigenvalue weighted by molar-refractivity contribution is -0.146. The first-order valence-corrected chi connectivity index (χ1v) is 5.71. The Morgan fingerprint density at radius 3 is 2.71 bits per heavy atom. The standard InChI is InChI=1S/C11H20N2O4/c1-8-6-13(4-5-17-8)10(16)12-7-11(2,3)9(14)15/h8H,4-7H2,1-3H3,(H,12,16)(H,14,15). The number of ether oxygens (including phenoxy) is 1. The highest BCUT2D eigenvalue weighted by Crippen LogP contribution is 2.13. The van der Waals surface area contributed by atoms with E-state index in [1.807, 2.05) is 6.92 Å². The molecule has 1 rings (SSSR count). The van der Waals surface area contributed by atoms with Crippen molar-refractivity contribution in [3.05, 3.63) is 0 Å². The molecule has 0 aromatic carbocycles. The van der Waals surface area contributed by atoms with Gasteiger partial charge < -0.3 is 20.1 Å². The zero-order valence-corrected chi connectivity index (χ0v) is 10.5. The Morgan fingerprint density at radius 1 is 1.53 bits per heavy atom. The number of carboxylic acids is 1. The lowest BCUT2D eigenvalue weighted by Gasteiger charge is -2.32. The third-order valence-corrected chi connectivity index (χ3v) is 2.79. The number of rotatable bonds is 3. The first-order valence-electron chi connectivity index (χ1n) is 5.71. The van der Waals surface area contributed by atoms with Crippen LogP contribution in [-0.2, 0) is 9.53 Å². The normalized spacial score (nSPS) is 21.1. The number of urea groups is 1. The van der Waals surface area contributed by atoms with E-state index in [1.54, 1.807) is 18.7 Å². The second kappa shape index (κ2) is 5.35. The number of carbonyl (C=O) groups is 2. The second-order valence-corrected chi connectivity index (χ2v) is 4.98. The highest BCUT2D eigenvalue weighted by Gasteiger charge is 2.29. The Morgan fingerprint density at radius 2 is 2.18 bits per heavy atom. The van der Waals surface area contributed by atoms with E-state index >= 15 is 0 Å². The number of hydrogen-bond acceptors (Lipinski definition) is 3. The summed E-state index contributed by atoms with van der Waals surface area (Å²) in [6.45, 7) is 6.79. The minimum absolute atomic E-state index is 0.0296. The molecule has 1 aliphatic heterocycles. The lowest BCUT2D eigenvalue weighted by Crippen LogP contribution is -2.51. The van der Waals surface area contributed by atoms with E-state index in [0.29, 0.717) is 19.7 Å². The summed E-state index contributed by atoms with van der Waals surface area (Å²) in [5, 5.41) is 11.6. The molecule has 1 atom stereocenters.